The van der Waals surface area contributed by atoms with Crippen molar-refractivity contribution in [1.29, 1.82) is 0 Å². The fraction of sp³-hybridized carbons (Fsp3) is 0.400. The number of aryl methyl sites for hydroxylation is 1. The lowest BCUT2D eigenvalue weighted by molar-refractivity contribution is -0.384. The maximum atomic E-state index is 10.8. The minimum atomic E-state index is -0.353. The van der Waals surface area contributed by atoms with E-state index in [1.165, 1.54) is 6.07 Å². The molecule has 0 aliphatic heterocycles. The summed E-state index contributed by atoms with van der Waals surface area (Å²) in [5, 5.41) is 17.5. The molecular weight excluding hydrogens is 286 g/mol. The Morgan fingerprint density at radius 3 is 2.90 bits per heavy atom. The summed E-state index contributed by atoms with van der Waals surface area (Å²) in [6.07, 6.45) is 1.77. The lowest BCUT2D eigenvalue weighted by Gasteiger charge is -2.16. The van der Waals surface area contributed by atoms with Crippen LogP contribution in [0.5, 0.6) is 0 Å². The van der Waals surface area contributed by atoms with Crippen LogP contribution in [-0.2, 0) is 6.42 Å². The number of nitro benzene ring substituents is 1. The molecular formula is C15H19N3O2S. The number of rotatable bonds is 7. The van der Waals surface area contributed by atoms with Gasteiger partial charge in [-0.1, -0.05) is 19.1 Å². The molecule has 1 atom stereocenters. The zero-order chi connectivity index (χ0) is 15.2. The molecule has 6 heteroatoms. The lowest BCUT2D eigenvalue weighted by Crippen LogP contribution is -2.23. The van der Waals surface area contributed by atoms with Gasteiger partial charge >= 0.3 is 0 Å². The van der Waals surface area contributed by atoms with E-state index in [0.717, 1.165) is 35.7 Å². The van der Waals surface area contributed by atoms with Crippen molar-refractivity contribution < 1.29 is 4.92 Å². The van der Waals surface area contributed by atoms with Crippen molar-refractivity contribution in [2.45, 2.75) is 32.7 Å². The Balaban J connectivity index is 1.96. The van der Waals surface area contributed by atoms with Gasteiger partial charge in [-0.25, -0.2) is 4.98 Å². The first-order valence-corrected chi connectivity index (χ1v) is 7.87. The second kappa shape index (κ2) is 7.28. The summed E-state index contributed by atoms with van der Waals surface area (Å²) in [7, 11) is 0. The van der Waals surface area contributed by atoms with Crippen LogP contribution in [-0.4, -0.2) is 16.5 Å². The third-order valence-corrected chi connectivity index (χ3v) is 4.31. The van der Waals surface area contributed by atoms with Gasteiger partial charge in [0.25, 0.3) is 5.69 Å². The predicted molar refractivity (Wildman–Crippen MR) is 84.7 cm³/mol. The molecule has 1 aromatic heterocycles. The number of aromatic nitrogens is 1. The van der Waals surface area contributed by atoms with Crippen LogP contribution in [0, 0.1) is 17.0 Å². The lowest BCUT2D eigenvalue weighted by atomic mass is 10.0. The molecule has 1 N–H and O–H groups in total. The highest BCUT2D eigenvalue weighted by Crippen LogP contribution is 2.21. The fourth-order valence-corrected chi connectivity index (χ4v) is 3.00. The predicted octanol–water partition coefficient (Wildman–Crippen LogP) is 3.64. The Morgan fingerprint density at radius 2 is 2.29 bits per heavy atom. The first-order chi connectivity index (χ1) is 10.1. The zero-order valence-corrected chi connectivity index (χ0v) is 13.0. The third-order valence-electron chi connectivity index (χ3n) is 3.29. The van der Waals surface area contributed by atoms with E-state index in [0.29, 0.717) is 0 Å². The van der Waals surface area contributed by atoms with Gasteiger partial charge in [-0.2, -0.15) is 0 Å². The molecule has 0 aliphatic rings. The number of non-ortho nitro benzene ring substituents is 1. The average Bonchev–Trinajstić information content (AvgIpc) is 2.89. The summed E-state index contributed by atoms with van der Waals surface area (Å²) >= 11 is 1.67. The van der Waals surface area contributed by atoms with Crippen LogP contribution in [0.2, 0.25) is 0 Å². The van der Waals surface area contributed by atoms with Crippen LogP contribution in [0.1, 0.15) is 35.7 Å². The maximum Gasteiger partial charge on any atom is 0.269 e. The normalized spacial score (nSPS) is 12.3. The van der Waals surface area contributed by atoms with E-state index in [2.05, 4.69) is 17.2 Å². The van der Waals surface area contributed by atoms with E-state index in [-0.39, 0.29) is 16.7 Å². The van der Waals surface area contributed by atoms with Crippen molar-refractivity contribution in [3.05, 3.63) is 56.0 Å². The summed E-state index contributed by atoms with van der Waals surface area (Å²) in [6, 6.07) is 6.97. The number of hydrogen-bond acceptors (Lipinski definition) is 5. The molecule has 0 bridgehead atoms. The molecule has 0 saturated heterocycles. The van der Waals surface area contributed by atoms with Crippen molar-refractivity contribution in [3.63, 3.8) is 0 Å². The molecule has 0 amide bonds. The summed E-state index contributed by atoms with van der Waals surface area (Å²) in [5.41, 5.74) is 2.16. The van der Waals surface area contributed by atoms with Gasteiger partial charge in [-0.3, -0.25) is 10.1 Å². The summed E-state index contributed by atoms with van der Waals surface area (Å²) in [6.45, 7) is 4.88. The van der Waals surface area contributed by atoms with E-state index in [1.54, 1.807) is 23.5 Å². The van der Waals surface area contributed by atoms with Crippen molar-refractivity contribution in [2.75, 3.05) is 6.54 Å². The second-order valence-electron chi connectivity index (χ2n) is 4.90. The number of nitro groups is 1. The van der Waals surface area contributed by atoms with E-state index in [4.69, 9.17) is 0 Å². The number of thiazole rings is 1. The minimum absolute atomic E-state index is 0.131. The molecule has 0 radical (unpaired) electrons. The monoisotopic (exact) mass is 305 g/mol. The fourth-order valence-electron chi connectivity index (χ4n) is 2.22. The molecule has 0 aliphatic carbocycles. The Labute approximate surface area is 128 Å². The first-order valence-electron chi connectivity index (χ1n) is 6.99. The molecule has 2 aromatic rings. The first kappa shape index (κ1) is 15.6. The highest BCUT2D eigenvalue weighted by Gasteiger charge is 2.13. The molecule has 0 saturated carbocycles. The van der Waals surface area contributed by atoms with E-state index in [9.17, 15) is 10.1 Å². The smallest absolute Gasteiger partial charge is 0.269 e. The molecule has 21 heavy (non-hydrogen) atoms. The van der Waals surface area contributed by atoms with E-state index < -0.39 is 0 Å². The second-order valence-corrected chi connectivity index (χ2v) is 5.84. The van der Waals surface area contributed by atoms with Gasteiger partial charge in [0, 0.05) is 42.2 Å². The molecule has 1 aromatic carbocycles. The van der Waals surface area contributed by atoms with Crippen LogP contribution >= 0.6 is 11.3 Å². The number of benzene rings is 1. The third kappa shape index (κ3) is 4.34. The molecule has 2 rings (SSSR count). The highest BCUT2D eigenvalue weighted by molar-refractivity contribution is 7.09. The SMILES string of the molecule is CCC(NCCc1nc(C)cs1)c1cccc([N+](=O)[O-])c1. The maximum absolute atomic E-state index is 10.8. The van der Waals surface area contributed by atoms with Gasteiger partial charge in [0.05, 0.1) is 9.93 Å². The van der Waals surface area contributed by atoms with Crippen molar-refractivity contribution in [3.8, 4) is 0 Å². The number of nitrogens with one attached hydrogen (secondary N) is 1. The van der Waals surface area contributed by atoms with Gasteiger partial charge in [0.2, 0.25) is 0 Å². The Bertz CT molecular complexity index is 612. The molecule has 1 heterocycles. The Morgan fingerprint density at radius 1 is 1.48 bits per heavy atom. The van der Waals surface area contributed by atoms with Crippen LogP contribution in [0.15, 0.2) is 29.6 Å². The number of hydrogen-bond donors (Lipinski definition) is 1. The Hall–Kier alpha value is -1.79. The highest BCUT2D eigenvalue weighted by atomic mass is 32.1. The van der Waals surface area contributed by atoms with E-state index in [1.807, 2.05) is 18.4 Å². The topological polar surface area (TPSA) is 68.1 Å². The van der Waals surface area contributed by atoms with Crippen molar-refractivity contribution >= 4 is 17.0 Å². The summed E-state index contributed by atoms with van der Waals surface area (Å²) < 4.78 is 0. The zero-order valence-electron chi connectivity index (χ0n) is 12.2. The average molecular weight is 305 g/mol. The van der Waals surface area contributed by atoms with Crippen molar-refractivity contribution in [2.24, 2.45) is 0 Å². The summed E-state index contributed by atoms with van der Waals surface area (Å²) in [5.74, 6) is 0. The molecule has 112 valence electrons. The van der Waals surface area contributed by atoms with Gasteiger partial charge in [0.1, 0.15) is 0 Å². The number of nitrogens with zero attached hydrogens (tertiary/aromatic N) is 2. The largest absolute Gasteiger partial charge is 0.310 e. The molecule has 1 unspecified atom stereocenters. The van der Waals surface area contributed by atoms with Crippen LogP contribution in [0.25, 0.3) is 0 Å². The minimum Gasteiger partial charge on any atom is -0.310 e. The van der Waals surface area contributed by atoms with Gasteiger partial charge < -0.3 is 5.32 Å². The Kier molecular flexibility index (Phi) is 5.41. The van der Waals surface area contributed by atoms with Crippen LogP contribution in [0.3, 0.4) is 0 Å². The van der Waals surface area contributed by atoms with Crippen molar-refractivity contribution in [1.82, 2.24) is 10.3 Å². The van der Waals surface area contributed by atoms with Gasteiger partial charge in [-0.05, 0) is 18.9 Å². The molecule has 0 spiro atoms. The summed E-state index contributed by atoms with van der Waals surface area (Å²) in [4.78, 5) is 14.9. The molecule has 0 fully saturated rings. The standard InChI is InChI=1S/C15H19N3O2S/c1-3-14(12-5-4-6-13(9-12)18(19)20)16-8-7-15-17-11(2)10-21-15/h4-6,9-10,14,16H,3,7-8H2,1-2H3. The quantitative estimate of drug-likeness (QED) is 0.626. The van der Waals surface area contributed by atoms with Crippen LogP contribution in [0.4, 0.5) is 5.69 Å². The van der Waals surface area contributed by atoms with E-state index >= 15 is 0 Å². The van der Waals surface area contributed by atoms with Crippen LogP contribution < -0.4 is 5.32 Å². The molecule has 5 nitrogen and oxygen atoms in total. The van der Waals surface area contributed by atoms with Gasteiger partial charge in [-0.15, -0.1) is 11.3 Å². The van der Waals surface area contributed by atoms with Gasteiger partial charge in [0.15, 0.2) is 0 Å².